The molecule has 3 rings (SSSR count). The molecular formula is C16H13N3O2S2. The molecule has 1 amide bonds. The zero-order valence-corrected chi connectivity index (χ0v) is 13.9. The van der Waals surface area contributed by atoms with Crippen LogP contribution in [0, 0.1) is 0 Å². The molecule has 116 valence electrons. The monoisotopic (exact) mass is 343 g/mol. The Balaban J connectivity index is 1.65. The molecule has 0 fully saturated rings. The number of methoxy groups -OCH3 is 1. The molecular weight excluding hydrogens is 330 g/mol. The van der Waals surface area contributed by atoms with Crippen molar-refractivity contribution in [3.63, 3.8) is 0 Å². The van der Waals surface area contributed by atoms with E-state index < -0.39 is 0 Å². The van der Waals surface area contributed by atoms with E-state index in [4.69, 9.17) is 4.74 Å². The minimum atomic E-state index is -0.226. The summed E-state index contributed by atoms with van der Waals surface area (Å²) in [4.78, 5) is 12.9. The Hall–Kier alpha value is -2.51. The lowest BCUT2D eigenvalue weighted by molar-refractivity contribution is -0.111. The highest BCUT2D eigenvalue weighted by atomic mass is 32.1. The first-order chi connectivity index (χ1) is 11.2. The van der Waals surface area contributed by atoms with Gasteiger partial charge in [0.1, 0.15) is 10.8 Å². The minimum Gasteiger partial charge on any atom is -0.497 e. The molecule has 0 spiro atoms. The molecule has 1 N–H and O–H groups in total. The van der Waals surface area contributed by atoms with E-state index in [1.807, 2.05) is 41.8 Å². The number of hydrogen-bond acceptors (Lipinski definition) is 6. The van der Waals surface area contributed by atoms with E-state index in [1.165, 1.54) is 17.4 Å². The predicted molar refractivity (Wildman–Crippen MR) is 93.9 cm³/mol. The summed E-state index contributed by atoms with van der Waals surface area (Å²) in [7, 11) is 1.62. The molecule has 0 radical (unpaired) electrons. The van der Waals surface area contributed by atoms with Crippen molar-refractivity contribution in [3.8, 4) is 16.3 Å². The summed E-state index contributed by atoms with van der Waals surface area (Å²) in [5, 5.41) is 14.0. The Kier molecular flexibility index (Phi) is 4.80. The lowest BCUT2D eigenvalue weighted by Crippen LogP contribution is -2.07. The van der Waals surface area contributed by atoms with Crippen LogP contribution in [0.4, 0.5) is 5.13 Å². The molecule has 0 aliphatic heterocycles. The standard InChI is InChI=1S/C16H13N3O2S2/c1-21-12-6-4-11(5-7-12)15-18-19-16(23-15)17-14(20)9-8-13-3-2-10-22-13/h2-10H,1H3,(H,17,19,20)/b9-8+. The molecule has 7 heteroatoms. The van der Waals surface area contributed by atoms with Crippen LogP contribution in [-0.2, 0) is 4.79 Å². The van der Waals surface area contributed by atoms with Crippen LogP contribution < -0.4 is 10.1 Å². The molecule has 0 saturated heterocycles. The second kappa shape index (κ2) is 7.17. The molecule has 0 aliphatic rings. The molecule has 0 saturated carbocycles. The number of aromatic nitrogens is 2. The van der Waals surface area contributed by atoms with Crippen LogP contribution in [0.5, 0.6) is 5.75 Å². The zero-order valence-electron chi connectivity index (χ0n) is 12.2. The Labute approximate surface area is 141 Å². The maximum absolute atomic E-state index is 11.9. The van der Waals surface area contributed by atoms with Crippen LogP contribution in [-0.4, -0.2) is 23.2 Å². The number of rotatable bonds is 5. The first-order valence-electron chi connectivity index (χ1n) is 6.75. The van der Waals surface area contributed by atoms with Gasteiger partial charge >= 0.3 is 0 Å². The summed E-state index contributed by atoms with van der Waals surface area (Å²) in [5.41, 5.74) is 0.929. The number of nitrogens with one attached hydrogen (secondary N) is 1. The van der Waals surface area contributed by atoms with Gasteiger partial charge < -0.3 is 4.74 Å². The van der Waals surface area contributed by atoms with Crippen LogP contribution >= 0.6 is 22.7 Å². The van der Waals surface area contributed by atoms with Gasteiger partial charge in [-0.25, -0.2) is 0 Å². The Morgan fingerprint density at radius 2 is 2.04 bits per heavy atom. The smallest absolute Gasteiger partial charge is 0.250 e. The summed E-state index contributed by atoms with van der Waals surface area (Å²) >= 11 is 2.90. The van der Waals surface area contributed by atoms with E-state index in [9.17, 15) is 4.79 Å². The number of benzene rings is 1. The van der Waals surface area contributed by atoms with Crippen LogP contribution in [0.1, 0.15) is 4.88 Å². The second-order valence-corrected chi connectivity index (χ2v) is 6.44. The Morgan fingerprint density at radius 1 is 1.22 bits per heavy atom. The molecule has 5 nitrogen and oxygen atoms in total. The van der Waals surface area contributed by atoms with Gasteiger partial charge in [0.25, 0.3) is 0 Å². The lowest BCUT2D eigenvalue weighted by atomic mass is 10.2. The summed E-state index contributed by atoms with van der Waals surface area (Å²) in [5.74, 6) is 0.557. The molecule has 2 heterocycles. The number of thiophene rings is 1. The number of carbonyl (C=O) groups is 1. The van der Waals surface area contributed by atoms with Crippen LogP contribution in [0.15, 0.2) is 47.9 Å². The van der Waals surface area contributed by atoms with Gasteiger partial charge in [0.2, 0.25) is 11.0 Å². The van der Waals surface area contributed by atoms with Crippen molar-refractivity contribution >= 4 is 39.8 Å². The highest BCUT2D eigenvalue weighted by molar-refractivity contribution is 7.18. The van der Waals surface area contributed by atoms with Gasteiger partial charge in [-0.1, -0.05) is 17.4 Å². The third-order valence-electron chi connectivity index (χ3n) is 2.93. The van der Waals surface area contributed by atoms with Gasteiger partial charge in [0.05, 0.1) is 7.11 Å². The average molecular weight is 343 g/mol. The van der Waals surface area contributed by atoms with Gasteiger partial charge in [-0.2, -0.15) is 0 Å². The van der Waals surface area contributed by atoms with Crippen LogP contribution in [0.3, 0.4) is 0 Å². The summed E-state index contributed by atoms with van der Waals surface area (Å²) in [6, 6.07) is 11.4. The number of carbonyl (C=O) groups excluding carboxylic acids is 1. The number of anilines is 1. The fourth-order valence-electron chi connectivity index (χ4n) is 1.81. The summed E-state index contributed by atoms with van der Waals surface area (Å²) in [6.45, 7) is 0. The molecule has 0 bridgehead atoms. The molecule has 1 aromatic carbocycles. The van der Waals surface area contributed by atoms with E-state index in [-0.39, 0.29) is 5.91 Å². The Bertz CT molecular complexity index is 808. The average Bonchev–Trinajstić information content (AvgIpc) is 3.25. The minimum absolute atomic E-state index is 0.226. The quantitative estimate of drug-likeness (QED) is 0.713. The SMILES string of the molecule is COc1ccc(-c2nnc(NC(=O)/C=C/c3cccs3)s2)cc1. The van der Waals surface area contributed by atoms with E-state index in [0.29, 0.717) is 5.13 Å². The molecule has 0 atom stereocenters. The van der Waals surface area contributed by atoms with Crippen LogP contribution in [0.25, 0.3) is 16.6 Å². The highest BCUT2D eigenvalue weighted by Crippen LogP contribution is 2.27. The van der Waals surface area contributed by atoms with E-state index >= 15 is 0 Å². The molecule has 0 aliphatic carbocycles. The van der Waals surface area contributed by atoms with Gasteiger partial charge in [-0.05, 0) is 41.8 Å². The number of hydrogen-bond donors (Lipinski definition) is 1. The Morgan fingerprint density at radius 3 is 2.74 bits per heavy atom. The fraction of sp³-hybridized carbons (Fsp3) is 0.0625. The topological polar surface area (TPSA) is 64.1 Å². The molecule has 2 aromatic heterocycles. The summed E-state index contributed by atoms with van der Waals surface area (Å²) < 4.78 is 5.12. The first kappa shape index (κ1) is 15.4. The number of nitrogens with zero attached hydrogens (tertiary/aromatic N) is 2. The lowest BCUT2D eigenvalue weighted by Gasteiger charge is -1.99. The van der Waals surface area contributed by atoms with Gasteiger partial charge in [0, 0.05) is 16.5 Å². The van der Waals surface area contributed by atoms with Gasteiger partial charge in [-0.15, -0.1) is 21.5 Å². The van der Waals surface area contributed by atoms with Crippen molar-refractivity contribution in [2.45, 2.75) is 0 Å². The van der Waals surface area contributed by atoms with Crippen molar-refractivity contribution < 1.29 is 9.53 Å². The molecule has 3 aromatic rings. The van der Waals surface area contributed by atoms with Crippen molar-refractivity contribution in [3.05, 3.63) is 52.7 Å². The van der Waals surface area contributed by atoms with Crippen molar-refractivity contribution in [1.82, 2.24) is 10.2 Å². The molecule has 23 heavy (non-hydrogen) atoms. The molecule has 0 unspecified atom stereocenters. The normalized spacial score (nSPS) is 10.8. The fourth-order valence-corrected chi connectivity index (χ4v) is 3.18. The predicted octanol–water partition coefficient (Wildman–Crippen LogP) is 3.93. The van der Waals surface area contributed by atoms with Gasteiger partial charge in [0.15, 0.2) is 0 Å². The second-order valence-electron chi connectivity index (χ2n) is 4.48. The van der Waals surface area contributed by atoms with Crippen molar-refractivity contribution in [2.24, 2.45) is 0 Å². The number of ether oxygens (including phenoxy) is 1. The largest absolute Gasteiger partial charge is 0.497 e. The maximum atomic E-state index is 11.9. The van der Waals surface area contributed by atoms with E-state index in [2.05, 4.69) is 15.5 Å². The van der Waals surface area contributed by atoms with Crippen molar-refractivity contribution in [1.29, 1.82) is 0 Å². The van der Waals surface area contributed by atoms with E-state index in [0.717, 1.165) is 21.2 Å². The van der Waals surface area contributed by atoms with Crippen molar-refractivity contribution in [2.75, 3.05) is 12.4 Å². The van der Waals surface area contributed by atoms with Crippen LogP contribution in [0.2, 0.25) is 0 Å². The zero-order chi connectivity index (χ0) is 16.1. The number of amides is 1. The summed E-state index contributed by atoms with van der Waals surface area (Å²) in [6.07, 6.45) is 3.26. The third kappa shape index (κ3) is 4.02. The van der Waals surface area contributed by atoms with E-state index in [1.54, 1.807) is 24.5 Å². The van der Waals surface area contributed by atoms with Gasteiger partial charge in [-0.3, -0.25) is 10.1 Å². The highest BCUT2D eigenvalue weighted by Gasteiger charge is 2.08. The third-order valence-corrected chi connectivity index (χ3v) is 4.66. The maximum Gasteiger partial charge on any atom is 0.250 e. The first-order valence-corrected chi connectivity index (χ1v) is 8.45.